The molecule has 1 fully saturated rings. The topological polar surface area (TPSA) is 74.1 Å². The third kappa shape index (κ3) is 3.44. The van der Waals surface area contributed by atoms with Gasteiger partial charge in [-0.05, 0) is 56.2 Å². The Morgan fingerprint density at radius 2 is 2.07 bits per heavy atom. The number of thioether (sulfide) groups is 1. The highest BCUT2D eigenvalue weighted by atomic mass is 32.2. The molecule has 1 aliphatic heterocycles. The number of aromatic nitrogens is 3. The Balaban J connectivity index is 1.89. The summed E-state index contributed by atoms with van der Waals surface area (Å²) in [6, 6.07) is 7.34. The Morgan fingerprint density at radius 1 is 1.25 bits per heavy atom. The minimum atomic E-state index is -3.26. The van der Waals surface area contributed by atoms with Crippen LogP contribution in [-0.2, 0) is 14.6 Å². The van der Waals surface area contributed by atoms with Crippen molar-refractivity contribution in [3.8, 4) is 11.3 Å². The summed E-state index contributed by atoms with van der Waals surface area (Å²) in [4.78, 5) is 4.97. The molecule has 0 radical (unpaired) electrons. The second kappa shape index (κ2) is 7.50. The standard InChI is InChI=1S/C20H23N3O3S2/c1-13-12-14(7-8-16(13)28(3,24)25)19-18-15(9-10-21-19)23(22-20(18)27-2)17-6-4-5-11-26-17/h7-10,12,17H,4-6,11H2,1-3H3. The SMILES string of the molecule is CSc1nn(C2CCCCO2)c2ccnc(-c3ccc(S(C)(=O)=O)c(C)c3)c12. The molecule has 3 aromatic rings. The van der Waals surface area contributed by atoms with Gasteiger partial charge in [-0.1, -0.05) is 6.07 Å². The summed E-state index contributed by atoms with van der Waals surface area (Å²) in [7, 11) is -3.26. The number of ether oxygens (including phenoxy) is 1. The van der Waals surface area contributed by atoms with Gasteiger partial charge in [0.15, 0.2) is 16.1 Å². The van der Waals surface area contributed by atoms with Crippen LogP contribution < -0.4 is 0 Å². The molecular weight excluding hydrogens is 394 g/mol. The monoisotopic (exact) mass is 417 g/mol. The molecule has 2 aromatic heterocycles. The van der Waals surface area contributed by atoms with Crippen LogP contribution in [0, 0.1) is 6.92 Å². The van der Waals surface area contributed by atoms with E-state index in [2.05, 4.69) is 4.98 Å². The molecule has 0 N–H and O–H groups in total. The third-order valence-corrected chi connectivity index (χ3v) is 6.99. The fourth-order valence-corrected chi connectivity index (χ4v) is 5.30. The summed E-state index contributed by atoms with van der Waals surface area (Å²) in [5, 5.41) is 6.70. The summed E-state index contributed by atoms with van der Waals surface area (Å²) < 4.78 is 31.8. The first-order valence-corrected chi connectivity index (χ1v) is 12.4. The van der Waals surface area contributed by atoms with Crippen LogP contribution >= 0.6 is 11.8 Å². The Bertz CT molecular complexity index is 1130. The quantitative estimate of drug-likeness (QED) is 0.592. The van der Waals surface area contributed by atoms with Crippen molar-refractivity contribution < 1.29 is 13.2 Å². The Labute approximate surface area is 169 Å². The van der Waals surface area contributed by atoms with Crippen molar-refractivity contribution in [3.05, 3.63) is 36.0 Å². The zero-order valence-electron chi connectivity index (χ0n) is 16.2. The summed E-state index contributed by atoms with van der Waals surface area (Å²) in [6.45, 7) is 2.57. The van der Waals surface area contributed by atoms with Crippen molar-refractivity contribution in [2.75, 3.05) is 19.1 Å². The van der Waals surface area contributed by atoms with Gasteiger partial charge in [0.1, 0.15) is 5.03 Å². The maximum absolute atomic E-state index is 11.9. The highest BCUT2D eigenvalue weighted by Gasteiger charge is 2.23. The molecule has 8 heteroatoms. The molecule has 0 spiro atoms. The lowest BCUT2D eigenvalue weighted by molar-refractivity contribution is -0.0373. The van der Waals surface area contributed by atoms with Gasteiger partial charge in [0.25, 0.3) is 0 Å². The molecule has 4 rings (SSSR count). The van der Waals surface area contributed by atoms with Gasteiger partial charge < -0.3 is 4.74 Å². The molecule has 1 aromatic carbocycles. The average molecular weight is 418 g/mol. The molecule has 1 saturated heterocycles. The number of hydrogen-bond acceptors (Lipinski definition) is 6. The number of aryl methyl sites for hydroxylation is 1. The van der Waals surface area contributed by atoms with Gasteiger partial charge in [0.2, 0.25) is 0 Å². The van der Waals surface area contributed by atoms with Crippen molar-refractivity contribution in [2.24, 2.45) is 0 Å². The maximum atomic E-state index is 11.9. The highest BCUT2D eigenvalue weighted by molar-refractivity contribution is 7.98. The first kappa shape index (κ1) is 19.4. The molecule has 6 nitrogen and oxygen atoms in total. The number of pyridine rings is 1. The van der Waals surface area contributed by atoms with E-state index in [1.54, 1.807) is 24.0 Å². The van der Waals surface area contributed by atoms with E-state index >= 15 is 0 Å². The summed E-state index contributed by atoms with van der Waals surface area (Å²) >= 11 is 1.58. The average Bonchev–Trinajstić information content (AvgIpc) is 3.06. The first-order valence-electron chi connectivity index (χ1n) is 9.24. The predicted molar refractivity (Wildman–Crippen MR) is 111 cm³/mol. The molecule has 28 heavy (non-hydrogen) atoms. The summed E-state index contributed by atoms with van der Waals surface area (Å²) in [5.74, 6) is 0. The van der Waals surface area contributed by atoms with E-state index in [1.807, 2.05) is 36.1 Å². The first-order chi connectivity index (χ1) is 13.4. The smallest absolute Gasteiger partial charge is 0.175 e. The number of nitrogens with zero attached hydrogens (tertiary/aromatic N) is 3. The van der Waals surface area contributed by atoms with E-state index in [4.69, 9.17) is 9.84 Å². The van der Waals surface area contributed by atoms with E-state index in [0.717, 1.165) is 53.1 Å². The van der Waals surface area contributed by atoms with Crippen molar-refractivity contribution in [1.29, 1.82) is 0 Å². The minimum absolute atomic E-state index is 0.0539. The molecule has 3 heterocycles. The molecule has 1 aliphatic rings. The van der Waals surface area contributed by atoms with Crippen molar-refractivity contribution in [1.82, 2.24) is 14.8 Å². The Kier molecular flexibility index (Phi) is 5.20. The van der Waals surface area contributed by atoms with Crippen LogP contribution in [0.3, 0.4) is 0 Å². The zero-order valence-corrected chi connectivity index (χ0v) is 17.8. The second-order valence-electron chi connectivity index (χ2n) is 7.08. The van der Waals surface area contributed by atoms with Gasteiger partial charge in [-0.15, -0.1) is 11.8 Å². The van der Waals surface area contributed by atoms with Crippen LogP contribution in [0.1, 0.15) is 31.1 Å². The van der Waals surface area contributed by atoms with E-state index < -0.39 is 9.84 Å². The van der Waals surface area contributed by atoms with Gasteiger partial charge in [0.05, 0.1) is 21.5 Å². The molecule has 0 bridgehead atoms. The van der Waals surface area contributed by atoms with Crippen LogP contribution in [0.25, 0.3) is 22.2 Å². The lowest BCUT2D eigenvalue weighted by Crippen LogP contribution is -2.19. The van der Waals surface area contributed by atoms with Gasteiger partial charge in [-0.2, -0.15) is 5.10 Å². The molecule has 1 unspecified atom stereocenters. The lowest BCUT2D eigenvalue weighted by atomic mass is 10.1. The van der Waals surface area contributed by atoms with Gasteiger partial charge >= 0.3 is 0 Å². The van der Waals surface area contributed by atoms with E-state index in [9.17, 15) is 8.42 Å². The zero-order chi connectivity index (χ0) is 19.9. The van der Waals surface area contributed by atoms with Gasteiger partial charge in [-0.3, -0.25) is 4.98 Å². The van der Waals surface area contributed by atoms with Crippen molar-refractivity contribution in [2.45, 2.75) is 42.3 Å². The molecule has 0 saturated carbocycles. The van der Waals surface area contributed by atoms with Crippen LogP contribution in [0.2, 0.25) is 0 Å². The number of fused-ring (bicyclic) bond motifs is 1. The number of hydrogen-bond donors (Lipinski definition) is 0. The van der Waals surface area contributed by atoms with Crippen LogP contribution in [-0.4, -0.2) is 42.3 Å². The number of sulfone groups is 1. The highest BCUT2D eigenvalue weighted by Crippen LogP contribution is 2.37. The third-order valence-electron chi connectivity index (χ3n) is 5.06. The lowest BCUT2D eigenvalue weighted by Gasteiger charge is -2.23. The molecule has 0 aliphatic carbocycles. The van der Waals surface area contributed by atoms with Gasteiger partial charge in [0, 0.05) is 24.6 Å². The Morgan fingerprint density at radius 3 is 2.71 bits per heavy atom. The molecular formula is C20H23N3O3S2. The molecule has 1 atom stereocenters. The second-order valence-corrected chi connectivity index (χ2v) is 9.86. The van der Waals surface area contributed by atoms with Crippen LogP contribution in [0.15, 0.2) is 40.4 Å². The molecule has 0 amide bonds. The minimum Gasteiger partial charge on any atom is -0.356 e. The Hall–Kier alpha value is -1.90. The van der Waals surface area contributed by atoms with Crippen molar-refractivity contribution >= 4 is 32.5 Å². The largest absolute Gasteiger partial charge is 0.356 e. The van der Waals surface area contributed by atoms with E-state index in [1.165, 1.54) is 6.26 Å². The van der Waals surface area contributed by atoms with Gasteiger partial charge in [-0.25, -0.2) is 13.1 Å². The normalized spacial score (nSPS) is 17.9. The predicted octanol–water partition coefficient (Wildman–Crippen LogP) is 4.23. The summed E-state index contributed by atoms with van der Waals surface area (Å²) in [6.07, 6.45) is 8.12. The number of benzene rings is 1. The number of rotatable bonds is 4. The molecule has 148 valence electrons. The van der Waals surface area contributed by atoms with Crippen LogP contribution in [0.5, 0.6) is 0 Å². The van der Waals surface area contributed by atoms with Crippen molar-refractivity contribution in [3.63, 3.8) is 0 Å². The summed E-state index contributed by atoms with van der Waals surface area (Å²) in [5.41, 5.74) is 3.40. The van der Waals surface area contributed by atoms with E-state index in [-0.39, 0.29) is 6.23 Å². The van der Waals surface area contributed by atoms with Crippen LogP contribution in [0.4, 0.5) is 0 Å². The maximum Gasteiger partial charge on any atom is 0.175 e. The fraction of sp³-hybridized carbons (Fsp3) is 0.400. The fourth-order valence-electron chi connectivity index (χ4n) is 3.77. The van der Waals surface area contributed by atoms with E-state index in [0.29, 0.717) is 10.5 Å².